The van der Waals surface area contributed by atoms with Crippen molar-refractivity contribution < 1.29 is 9.21 Å². The number of benzene rings is 1. The van der Waals surface area contributed by atoms with Crippen molar-refractivity contribution in [3.8, 4) is 0 Å². The number of aromatic nitrogens is 2. The summed E-state index contributed by atoms with van der Waals surface area (Å²) >= 11 is 0. The van der Waals surface area contributed by atoms with E-state index in [-0.39, 0.29) is 42.0 Å². The molecule has 3 aromatic rings. The van der Waals surface area contributed by atoms with E-state index in [1.807, 2.05) is 18.2 Å². The van der Waals surface area contributed by atoms with Crippen molar-refractivity contribution in [2.24, 2.45) is 11.7 Å². The van der Waals surface area contributed by atoms with Gasteiger partial charge in [-0.3, -0.25) is 14.2 Å². The van der Waals surface area contributed by atoms with Crippen LogP contribution in [0.1, 0.15) is 25.7 Å². The number of hydrogen-bond donors (Lipinski definition) is 2. The minimum absolute atomic E-state index is 0. The largest absolute Gasteiger partial charge is 0.448 e. The molecule has 1 aromatic carbocycles. The third-order valence-corrected chi connectivity index (χ3v) is 5.22. The Morgan fingerprint density at radius 1 is 1.30 bits per heavy atom. The zero-order valence-electron chi connectivity index (χ0n) is 14.9. The molecular weight excluding hydrogens is 368 g/mol. The highest BCUT2D eigenvalue weighted by molar-refractivity contribution is 6.01. The van der Waals surface area contributed by atoms with Crippen LogP contribution in [0.4, 0.5) is 0 Å². The first kappa shape index (κ1) is 19.4. The van der Waals surface area contributed by atoms with E-state index in [0.717, 1.165) is 31.1 Å². The fourth-order valence-corrected chi connectivity index (χ4v) is 3.81. The van der Waals surface area contributed by atoms with Gasteiger partial charge in [0.15, 0.2) is 0 Å². The molecule has 3 N–H and O–H groups in total. The molecule has 1 amide bonds. The second kappa shape index (κ2) is 8.10. The maximum atomic E-state index is 12.7. The van der Waals surface area contributed by atoms with E-state index in [4.69, 9.17) is 10.2 Å². The molecule has 2 unspecified atom stereocenters. The quantitative estimate of drug-likeness (QED) is 0.710. The van der Waals surface area contributed by atoms with Crippen molar-refractivity contribution in [2.75, 3.05) is 6.54 Å². The number of furan rings is 1. The molecule has 1 aliphatic carbocycles. The summed E-state index contributed by atoms with van der Waals surface area (Å²) in [4.78, 5) is 29.4. The third kappa shape index (κ3) is 3.70. The number of nitrogens with two attached hydrogens (primary N) is 1. The van der Waals surface area contributed by atoms with Gasteiger partial charge in [-0.1, -0.05) is 25.0 Å². The van der Waals surface area contributed by atoms with Crippen LogP contribution in [-0.4, -0.2) is 28.0 Å². The first-order valence-corrected chi connectivity index (χ1v) is 9.03. The van der Waals surface area contributed by atoms with Crippen molar-refractivity contribution in [3.63, 3.8) is 0 Å². The molecule has 0 radical (unpaired) electrons. The fourth-order valence-electron chi connectivity index (χ4n) is 3.81. The van der Waals surface area contributed by atoms with Crippen LogP contribution in [0.2, 0.25) is 0 Å². The van der Waals surface area contributed by atoms with Crippen LogP contribution in [-0.2, 0) is 11.3 Å². The molecule has 2 aromatic heterocycles. The van der Waals surface area contributed by atoms with Gasteiger partial charge in [0.25, 0.3) is 5.56 Å². The summed E-state index contributed by atoms with van der Waals surface area (Å²) in [5, 5.41) is 3.83. The first-order chi connectivity index (χ1) is 12.7. The SMILES string of the molecule is Cl.NCC1CCCCC1NC(=O)Cn1cnc2c(oc3ccccc32)c1=O. The third-order valence-electron chi connectivity index (χ3n) is 5.22. The molecule has 1 fully saturated rings. The Morgan fingerprint density at radius 3 is 2.89 bits per heavy atom. The van der Waals surface area contributed by atoms with Gasteiger partial charge in [-0.25, -0.2) is 4.98 Å². The normalized spacial score (nSPS) is 19.7. The molecule has 7 nitrogen and oxygen atoms in total. The van der Waals surface area contributed by atoms with Crippen LogP contribution in [0.5, 0.6) is 0 Å². The molecule has 0 spiro atoms. The second-order valence-corrected chi connectivity index (χ2v) is 6.91. The van der Waals surface area contributed by atoms with Crippen molar-refractivity contribution in [1.29, 1.82) is 0 Å². The molecule has 2 heterocycles. The maximum absolute atomic E-state index is 12.7. The average Bonchev–Trinajstić information content (AvgIpc) is 3.04. The Hall–Kier alpha value is -2.38. The lowest BCUT2D eigenvalue weighted by Crippen LogP contribution is -2.46. The molecular formula is C19H23ClN4O3. The lowest BCUT2D eigenvalue weighted by Gasteiger charge is -2.31. The number of carbonyl (C=O) groups is 1. The standard InChI is InChI=1S/C19H22N4O3.ClH/c20-9-12-5-1-3-7-14(12)22-16(24)10-23-11-21-17-13-6-2-4-8-15(13)26-18(17)19(23)25;/h2,4,6,8,11-12,14H,1,3,5,7,9-10,20H2,(H,22,24);1H. The fraction of sp³-hybridized carbons (Fsp3) is 0.421. The summed E-state index contributed by atoms with van der Waals surface area (Å²) in [5.74, 6) is 0.107. The van der Waals surface area contributed by atoms with E-state index >= 15 is 0 Å². The smallest absolute Gasteiger partial charge is 0.297 e. The first-order valence-electron chi connectivity index (χ1n) is 9.03. The van der Waals surface area contributed by atoms with Gasteiger partial charge in [-0.15, -0.1) is 12.4 Å². The van der Waals surface area contributed by atoms with Gasteiger partial charge in [0.1, 0.15) is 17.6 Å². The molecule has 0 saturated heterocycles. The molecule has 1 aliphatic rings. The maximum Gasteiger partial charge on any atom is 0.297 e. The molecule has 4 rings (SSSR count). The molecule has 27 heavy (non-hydrogen) atoms. The number of carbonyl (C=O) groups excluding carboxylic acids is 1. The van der Waals surface area contributed by atoms with Crippen LogP contribution in [0.25, 0.3) is 22.1 Å². The number of rotatable bonds is 4. The van der Waals surface area contributed by atoms with Gasteiger partial charge in [0.05, 0.1) is 6.33 Å². The lowest BCUT2D eigenvalue weighted by molar-refractivity contribution is -0.123. The van der Waals surface area contributed by atoms with E-state index < -0.39 is 0 Å². The monoisotopic (exact) mass is 390 g/mol. The highest BCUT2D eigenvalue weighted by Crippen LogP contribution is 2.24. The van der Waals surface area contributed by atoms with Crippen molar-refractivity contribution in [1.82, 2.24) is 14.9 Å². The number of fused-ring (bicyclic) bond motifs is 3. The van der Waals surface area contributed by atoms with Gasteiger partial charge in [-0.05, 0) is 37.4 Å². The number of nitrogens with zero attached hydrogens (tertiary/aromatic N) is 2. The van der Waals surface area contributed by atoms with Crippen LogP contribution in [0, 0.1) is 5.92 Å². The number of amides is 1. The van der Waals surface area contributed by atoms with Crippen LogP contribution < -0.4 is 16.6 Å². The zero-order valence-corrected chi connectivity index (χ0v) is 15.7. The van der Waals surface area contributed by atoms with Gasteiger partial charge in [0.2, 0.25) is 11.5 Å². The Morgan fingerprint density at radius 2 is 2.07 bits per heavy atom. The van der Waals surface area contributed by atoms with Crippen molar-refractivity contribution in [2.45, 2.75) is 38.3 Å². The highest BCUT2D eigenvalue weighted by atomic mass is 35.5. The molecule has 8 heteroatoms. The summed E-state index contributed by atoms with van der Waals surface area (Å²) in [5.41, 5.74) is 6.79. The van der Waals surface area contributed by atoms with Gasteiger partial charge in [0, 0.05) is 11.4 Å². The van der Waals surface area contributed by atoms with Crippen LogP contribution in [0.15, 0.2) is 39.8 Å². The van der Waals surface area contributed by atoms with Gasteiger partial charge >= 0.3 is 0 Å². The number of halogens is 1. The minimum atomic E-state index is -0.347. The van der Waals surface area contributed by atoms with E-state index in [0.29, 0.717) is 23.6 Å². The summed E-state index contributed by atoms with van der Waals surface area (Å²) in [6.07, 6.45) is 5.62. The number of nitrogens with one attached hydrogen (secondary N) is 1. The van der Waals surface area contributed by atoms with E-state index in [1.165, 1.54) is 10.9 Å². The topological polar surface area (TPSA) is 103 Å². The van der Waals surface area contributed by atoms with Crippen molar-refractivity contribution in [3.05, 3.63) is 40.9 Å². The minimum Gasteiger partial charge on any atom is -0.448 e. The van der Waals surface area contributed by atoms with Gasteiger partial charge < -0.3 is 15.5 Å². The Labute approximate surface area is 162 Å². The predicted octanol–water partition coefficient (Wildman–Crippen LogP) is 2.20. The lowest BCUT2D eigenvalue weighted by atomic mass is 9.84. The number of hydrogen-bond acceptors (Lipinski definition) is 5. The molecule has 0 bridgehead atoms. The van der Waals surface area contributed by atoms with E-state index in [1.54, 1.807) is 6.07 Å². The number of para-hydroxylation sites is 1. The predicted molar refractivity (Wildman–Crippen MR) is 106 cm³/mol. The Balaban J connectivity index is 0.00000210. The Bertz CT molecular complexity index is 1010. The van der Waals surface area contributed by atoms with Crippen molar-refractivity contribution >= 4 is 40.4 Å². The summed E-state index contributed by atoms with van der Waals surface area (Å²) in [6.45, 7) is 0.490. The van der Waals surface area contributed by atoms with Crippen LogP contribution >= 0.6 is 12.4 Å². The summed E-state index contributed by atoms with van der Waals surface area (Å²) in [6, 6.07) is 7.45. The summed E-state index contributed by atoms with van der Waals surface area (Å²) in [7, 11) is 0. The molecule has 0 aliphatic heterocycles. The van der Waals surface area contributed by atoms with E-state index in [2.05, 4.69) is 10.3 Å². The summed E-state index contributed by atoms with van der Waals surface area (Å²) < 4.78 is 6.94. The zero-order chi connectivity index (χ0) is 18.1. The van der Waals surface area contributed by atoms with Gasteiger partial charge in [-0.2, -0.15) is 0 Å². The highest BCUT2D eigenvalue weighted by Gasteiger charge is 2.25. The van der Waals surface area contributed by atoms with E-state index in [9.17, 15) is 9.59 Å². The molecule has 144 valence electrons. The van der Waals surface area contributed by atoms with Crippen LogP contribution in [0.3, 0.4) is 0 Å². The molecule has 1 saturated carbocycles. The Kier molecular flexibility index (Phi) is 5.82. The second-order valence-electron chi connectivity index (χ2n) is 6.91. The average molecular weight is 391 g/mol. The molecule has 2 atom stereocenters.